The van der Waals surface area contributed by atoms with Gasteiger partial charge < -0.3 is 14.2 Å². The summed E-state index contributed by atoms with van der Waals surface area (Å²) in [4.78, 5) is 45.8. The number of hydrogen-bond acceptors (Lipinski definition) is 8. The second-order valence-corrected chi connectivity index (χ2v) is 4.92. The smallest absolute Gasteiger partial charge is 0.343 e. The number of nitro benzene ring substituents is 1. The number of esters is 3. The van der Waals surface area contributed by atoms with Crippen molar-refractivity contribution in [3.05, 3.63) is 69.3 Å². The number of carbonyl (C=O) groups excluding carboxylic acids is 3. The van der Waals surface area contributed by atoms with Gasteiger partial charge in [-0.25, -0.2) is 14.4 Å². The molecule has 0 aliphatic carbocycles. The van der Waals surface area contributed by atoms with Crippen LogP contribution < -0.4 is 4.74 Å². The molecule has 0 saturated carbocycles. The number of nitro groups is 1. The Balaban J connectivity index is 2.33. The Morgan fingerprint density at radius 3 is 1.62 bits per heavy atom. The molecule has 2 rings (SSSR count). The fourth-order valence-corrected chi connectivity index (χ4v) is 2.02. The van der Waals surface area contributed by atoms with E-state index in [9.17, 15) is 24.5 Å². The van der Waals surface area contributed by atoms with Crippen LogP contribution in [0.3, 0.4) is 0 Å². The lowest BCUT2D eigenvalue weighted by atomic mass is 10.1. The number of hydrogen-bond donors (Lipinski definition) is 0. The SMILES string of the molecule is COC(=O)c1cc(C(=O)OC)cc(C(=O)Oc2ccc([N+](=O)[O-])cc2)c1. The van der Waals surface area contributed by atoms with Gasteiger partial charge in [0.05, 0.1) is 35.8 Å². The zero-order valence-corrected chi connectivity index (χ0v) is 13.8. The quantitative estimate of drug-likeness (QED) is 0.345. The molecule has 2 aromatic rings. The van der Waals surface area contributed by atoms with Crippen molar-refractivity contribution in [3.8, 4) is 5.75 Å². The second kappa shape index (κ2) is 7.88. The molecule has 0 radical (unpaired) electrons. The standard InChI is InChI=1S/C17H13NO8/c1-24-15(19)10-7-11(16(20)25-2)9-12(8-10)17(21)26-14-5-3-13(4-6-14)18(22)23/h3-9H,1-2H3. The molecule has 0 unspecified atom stereocenters. The van der Waals surface area contributed by atoms with Gasteiger partial charge in [-0.05, 0) is 30.3 Å². The molecule has 0 aliphatic heterocycles. The van der Waals surface area contributed by atoms with Gasteiger partial charge in [0.1, 0.15) is 5.75 Å². The lowest BCUT2D eigenvalue weighted by Gasteiger charge is -2.08. The first-order valence-corrected chi connectivity index (χ1v) is 7.14. The molecule has 26 heavy (non-hydrogen) atoms. The number of benzene rings is 2. The Morgan fingerprint density at radius 2 is 1.23 bits per heavy atom. The number of rotatable bonds is 5. The summed E-state index contributed by atoms with van der Waals surface area (Å²) in [5.41, 5.74) is -0.325. The molecule has 0 N–H and O–H groups in total. The summed E-state index contributed by atoms with van der Waals surface area (Å²) in [6, 6.07) is 8.47. The van der Waals surface area contributed by atoms with Crippen LogP contribution in [-0.2, 0) is 9.47 Å². The lowest BCUT2D eigenvalue weighted by Crippen LogP contribution is -2.13. The molecule has 0 atom stereocenters. The van der Waals surface area contributed by atoms with Crippen LogP contribution in [0.5, 0.6) is 5.75 Å². The van der Waals surface area contributed by atoms with Gasteiger partial charge in [-0.2, -0.15) is 0 Å². The van der Waals surface area contributed by atoms with Crippen molar-refractivity contribution in [1.82, 2.24) is 0 Å². The van der Waals surface area contributed by atoms with E-state index >= 15 is 0 Å². The summed E-state index contributed by atoms with van der Waals surface area (Å²) in [5, 5.41) is 10.6. The van der Waals surface area contributed by atoms with Crippen LogP contribution >= 0.6 is 0 Å². The summed E-state index contributed by atoms with van der Waals surface area (Å²) < 4.78 is 14.3. The minimum atomic E-state index is -0.866. The summed E-state index contributed by atoms with van der Waals surface area (Å²) in [6.07, 6.45) is 0. The minimum absolute atomic E-state index is 0.0361. The van der Waals surface area contributed by atoms with Gasteiger partial charge in [0.2, 0.25) is 0 Å². The van der Waals surface area contributed by atoms with E-state index in [1.54, 1.807) is 0 Å². The van der Waals surface area contributed by atoms with E-state index in [2.05, 4.69) is 9.47 Å². The Hall–Kier alpha value is -3.75. The van der Waals surface area contributed by atoms with Crippen LogP contribution in [0.2, 0.25) is 0 Å². The average Bonchev–Trinajstić information content (AvgIpc) is 2.66. The maximum atomic E-state index is 12.3. The van der Waals surface area contributed by atoms with E-state index in [4.69, 9.17) is 4.74 Å². The van der Waals surface area contributed by atoms with Crippen LogP contribution in [-0.4, -0.2) is 37.1 Å². The molecule has 0 aromatic heterocycles. The molecule has 0 saturated heterocycles. The maximum Gasteiger partial charge on any atom is 0.343 e. The maximum absolute atomic E-state index is 12.3. The zero-order valence-electron chi connectivity index (χ0n) is 13.8. The second-order valence-electron chi connectivity index (χ2n) is 4.92. The van der Waals surface area contributed by atoms with Gasteiger partial charge in [0.15, 0.2) is 0 Å². The van der Waals surface area contributed by atoms with Crippen molar-refractivity contribution < 1.29 is 33.5 Å². The van der Waals surface area contributed by atoms with Crippen molar-refractivity contribution in [2.24, 2.45) is 0 Å². The number of non-ortho nitro benzene ring substituents is 1. The van der Waals surface area contributed by atoms with Crippen LogP contribution in [0.1, 0.15) is 31.1 Å². The number of ether oxygens (including phenoxy) is 3. The largest absolute Gasteiger partial charge is 0.465 e. The van der Waals surface area contributed by atoms with Gasteiger partial charge >= 0.3 is 17.9 Å². The Labute approximate surface area is 147 Å². The Kier molecular flexibility index (Phi) is 5.63. The fraction of sp³-hybridized carbons (Fsp3) is 0.118. The first-order valence-electron chi connectivity index (χ1n) is 7.14. The molecule has 0 aliphatic rings. The molecule has 0 heterocycles. The monoisotopic (exact) mass is 359 g/mol. The minimum Gasteiger partial charge on any atom is -0.465 e. The molecular formula is C17H13NO8. The summed E-state index contributed by atoms with van der Waals surface area (Å²) in [6.45, 7) is 0. The lowest BCUT2D eigenvalue weighted by molar-refractivity contribution is -0.384. The highest BCUT2D eigenvalue weighted by molar-refractivity contribution is 6.00. The van der Waals surface area contributed by atoms with Crippen molar-refractivity contribution in [3.63, 3.8) is 0 Å². The van der Waals surface area contributed by atoms with E-state index in [1.165, 1.54) is 42.5 Å². The normalized spacial score (nSPS) is 9.92. The first-order chi connectivity index (χ1) is 12.3. The number of carbonyl (C=O) groups is 3. The van der Waals surface area contributed by atoms with E-state index in [0.717, 1.165) is 14.2 Å². The highest BCUT2D eigenvalue weighted by Crippen LogP contribution is 2.20. The predicted octanol–water partition coefficient (Wildman–Crippen LogP) is 2.39. The van der Waals surface area contributed by atoms with Gasteiger partial charge in [0.25, 0.3) is 5.69 Å². The van der Waals surface area contributed by atoms with E-state index < -0.39 is 22.8 Å². The van der Waals surface area contributed by atoms with Crippen molar-refractivity contribution in [2.75, 3.05) is 14.2 Å². The van der Waals surface area contributed by atoms with Crippen LogP contribution in [0.4, 0.5) is 5.69 Å². The third-order valence-corrected chi connectivity index (χ3v) is 3.27. The van der Waals surface area contributed by atoms with Crippen molar-refractivity contribution in [2.45, 2.75) is 0 Å². The van der Waals surface area contributed by atoms with Gasteiger partial charge in [-0.15, -0.1) is 0 Å². The number of nitrogens with zero attached hydrogens (tertiary/aromatic N) is 1. The molecule has 0 fully saturated rings. The summed E-state index contributed by atoms with van der Waals surface area (Å²) in [7, 11) is 2.31. The summed E-state index contributed by atoms with van der Waals surface area (Å²) >= 11 is 0. The van der Waals surface area contributed by atoms with Crippen LogP contribution in [0.15, 0.2) is 42.5 Å². The predicted molar refractivity (Wildman–Crippen MR) is 87.2 cm³/mol. The molecule has 134 valence electrons. The van der Waals surface area contributed by atoms with Crippen molar-refractivity contribution in [1.29, 1.82) is 0 Å². The fourth-order valence-electron chi connectivity index (χ4n) is 2.02. The van der Waals surface area contributed by atoms with E-state index in [1.807, 2.05) is 0 Å². The van der Waals surface area contributed by atoms with Gasteiger partial charge in [0, 0.05) is 12.1 Å². The van der Waals surface area contributed by atoms with Gasteiger partial charge in [-0.3, -0.25) is 10.1 Å². The van der Waals surface area contributed by atoms with Gasteiger partial charge in [-0.1, -0.05) is 0 Å². The molecule has 0 spiro atoms. The molecule has 9 heteroatoms. The van der Waals surface area contributed by atoms with Crippen LogP contribution in [0.25, 0.3) is 0 Å². The zero-order chi connectivity index (χ0) is 19.3. The average molecular weight is 359 g/mol. The molecule has 9 nitrogen and oxygen atoms in total. The highest BCUT2D eigenvalue weighted by atomic mass is 16.6. The van der Waals surface area contributed by atoms with Crippen molar-refractivity contribution >= 4 is 23.6 Å². The number of methoxy groups -OCH3 is 2. The summed E-state index contributed by atoms with van der Waals surface area (Å²) in [5.74, 6) is -2.31. The Morgan fingerprint density at radius 1 is 0.808 bits per heavy atom. The van der Waals surface area contributed by atoms with E-state index in [-0.39, 0.29) is 28.1 Å². The molecule has 0 amide bonds. The molecule has 0 bridgehead atoms. The van der Waals surface area contributed by atoms with E-state index in [0.29, 0.717) is 0 Å². The molecule has 2 aromatic carbocycles. The third kappa shape index (κ3) is 4.20. The molecular weight excluding hydrogens is 346 g/mol. The first kappa shape index (κ1) is 18.6. The highest BCUT2D eigenvalue weighted by Gasteiger charge is 2.18. The Bertz CT molecular complexity index is 839. The van der Waals surface area contributed by atoms with Crippen LogP contribution in [0, 0.1) is 10.1 Å². The third-order valence-electron chi connectivity index (χ3n) is 3.27. The topological polar surface area (TPSA) is 122 Å².